The second-order valence-corrected chi connectivity index (χ2v) is 8.40. The topological polar surface area (TPSA) is 58.6 Å². The number of carbonyl (C=O) groups is 2. The number of rotatable bonds is 10. The molecule has 0 spiro atoms. The fourth-order valence-electron chi connectivity index (χ4n) is 3.01. The van der Waals surface area contributed by atoms with Gasteiger partial charge in [-0.05, 0) is 41.8 Å². The number of benzene rings is 2. The van der Waals surface area contributed by atoms with E-state index in [1.807, 2.05) is 31.2 Å². The van der Waals surface area contributed by atoms with Crippen molar-refractivity contribution < 1.29 is 14.3 Å². The van der Waals surface area contributed by atoms with Gasteiger partial charge in [0.2, 0.25) is 11.8 Å². The van der Waals surface area contributed by atoms with Crippen LogP contribution < -0.4 is 10.1 Å². The van der Waals surface area contributed by atoms with Crippen molar-refractivity contribution in [2.24, 2.45) is 0 Å². The van der Waals surface area contributed by atoms with Crippen LogP contribution in [-0.4, -0.2) is 42.7 Å². The summed E-state index contributed by atoms with van der Waals surface area (Å²) in [6.45, 7) is 2.23. The van der Waals surface area contributed by atoms with Gasteiger partial charge >= 0.3 is 0 Å². The zero-order valence-corrected chi connectivity index (χ0v) is 19.6. The van der Waals surface area contributed by atoms with Crippen LogP contribution >= 0.6 is 35.0 Å². The molecular weight excluding hydrogens is 443 g/mol. The summed E-state index contributed by atoms with van der Waals surface area (Å²) >= 11 is 13.9. The molecule has 0 aromatic heterocycles. The quantitative estimate of drug-likeness (QED) is 0.544. The van der Waals surface area contributed by atoms with Gasteiger partial charge in [0, 0.05) is 29.4 Å². The molecule has 1 N–H and O–H groups in total. The summed E-state index contributed by atoms with van der Waals surface area (Å²) in [6, 6.07) is 12.3. The number of carbonyl (C=O) groups excluding carboxylic acids is 2. The minimum Gasteiger partial charge on any atom is -0.497 e. The molecular formula is C22H26Cl2N2O3S. The van der Waals surface area contributed by atoms with E-state index in [-0.39, 0.29) is 17.6 Å². The van der Waals surface area contributed by atoms with Crippen LogP contribution in [0.1, 0.15) is 24.5 Å². The maximum Gasteiger partial charge on any atom is 0.242 e. The number of thioether (sulfide) groups is 1. The molecule has 0 bridgehead atoms. The van der Waals surface area contributed by atoms with E-state index in [1.165, 1.54) is 11.8 Å². The van der Waals surface area contributed by atoms with E-state index in [0.717, 1.165) is 16.9 Å². The van der Waals surface area contributed by atoms with Crippen LogP contribution in [0.5, 0.6) is 5.75 Å². The molecule has 30 heavy (non-hydrogen) atoms. The molecule has 0 saturated heterocycles. The van der Waals surface area contributed by atoms with Crippen LogP contribution in [0.25, 0.3) is 0 Å². The third-order valence-electron chi connectivity index (χ3n) is 4.68. The Kier molecular flexibility index (Phi) is 9.82. The second-order valence-electron chi connectivity index (χ2n) is 6.60. The monoisotopic (exact) mass is 468 g/mol. The van der Waals surface area contributed by atoms with Gasteiger partial charge in [0.25, 0.3) is 0 Å². The fraction of sp³-hybridized carbons (Fsp3) is 0.364. The van der Waals surface area contributed by atoms with E-state index in [2.05, 4.69) is 5.32 Å². The highest BCUT2D eigenvalue weighted by molar-refractivity contribution is 7.99. The van der Waals surface area contributed by atoms with Gasteiger partial charge < -0.3 is 15.0 Å². The minimum absolute atomic E-state index is 0.116. The lowest BCUT2D eigenvalue weighted by atomic mass is 10.1. The lowest BCUT2D eigenvalue weighted by Gasteiger charge is -2.30. The average molecular weight is 469 g/mol. The molecule has 0 aliphatic rings. The molecule has 1 atom stereocenters. The Morgan fingerprint density at radius 1 is 1.13 bits per heavy atom. The Hall–Kier alpha value is -1.89. The Bertz CT molecular complexity index is 842. The molecule has 0 fully saturated rings. The third kappa shape index (κ3) is 6.56. The zero-order chi connectivity index (χ0) is 22.1. The average Bonchev–Trinajstić information content (AvgIpc) is 2.75. The molecule has 2 aromatic rings. The van der Waals surface area contributed by atoms with Gasteiger partial charge in [-0.3, -0.25) is 9.59 Å². The number of methoxy groups -OCH3 is 1. The number of ether oxygens (including phenoxy) is 1. The van der Waals surface area contributed by atoms with E-state index < -0.39 is 6.04 Å². The second kappa shape index (κ2) is 12.1. The Morgan fingerprint density at radius 3 is 2.30 bits per heavy atom. The minimum atomic E-state index is -0.547. The van der Waals surface area contributed by atoms with E-state index in [1.54, 1.807) is 37.3 Å². The van der Waals surface area contributed by atoms with Crippen LogP contribution in [0, 0.1) is 0 Å². The zero-order valence-electron chi connectivity index (χ0n) is 17.3. The Morgan fingerprint density at radius 2 is 1.77 bits per heavy atom. The summed E-state index contributed by atoms with van der Waals surface area (Å²) in [6.07, 6.45) is 0.516. The van der Waals surface area contributed by atoms with Crippen molar-refractivity contribution in [1.29, 1.82) is 0 Å². The van der Waals surface area contributed by atoms with Crippen LogP contribution in [0.2, 0.25) is 10.0 Å². The van der Waals surface area contributed by atoms with Crippen molar-refractivity contribution in [3.05, 3.63) is 63.6 Å². The molecule has 2 rings (SSSR count). The van der Waals surface area contributed by atoms with Crippen molar-refractivity contribution in [1.82, 2.24) is 10.2 Å². The van der Waals surface area contributed by atoms with Gasteiger partial charge in [0.15, 0.2) is 0 Å². The van der Waals surface area contributed by atoms with E-state index in [4.69, 9.17) is 27.9 Å². The summed E-state index contributed by atoms with van der Waals surface area (Å²) in [5.41, 5.74) is 1.73. The summed E-state index contributed by atoms with van der Waals surface area (Å²) in [5, 5.41) is 3.81. The molecule has 1 unspecified atom stereocenters. The number of amides is 2. The van der Waals surface area contributed by atoms with Crippen molar-refractivity contribution >= 4 is 46.8 Å². The first-order valence-electron chi connectivity index (χ1n) is 9.55. The molecule has 2 aromatic carbocycles. The van der Waals surface area contributed by atoms with E-state index in [9.17, 15) is 9.59 Å². The van der Waals surface area contributed by atoms with Gasteiger partial charge in [-0.1, -0.05) is 48.3 Å². The van der Waals surface area contributed by atoms with E-state index >= 15 is 0 Å². The summed E-state index contributed by atoms with van der Waals surface area (Å²) in [7, 11) is 3.18. The lowest BCUT2D eigenvalue weighted by Crippen LogP contribution is -2.48. The number of nitrogens with one attached hydrogen (secondary N) is 1. The highest BCUT2D eigenvalue weighted by Crippen LogP contribution is 2.28. The molecule has 0 heterocycles. The normalized spacial score (nSPS) is 11.6. The van der Waals surface area contributed by atoms with Crippen molar-refractivity contribution in [2.75, 3.05) is 19.9 Å². The molecule has 2 amide bonds. The number of hydrogen-bond donors (Lipinski definition) is 1. The Balaban J connectivity index is 2.13. The van der Waals surface area contributed by atoms with Gasteiger partial charge in [0.1, 0.15) is 11.8 Å². The largest absolute Gasteiger partial charge is 0.497 e. The summed E-state index contributed by atoms with van der Waals surface area (Å²) in [4.78, 5) is 27.1. The smallest absolute Gasteiger partial charge is 0.242 e. The molecule has 8 heteroatoms. The predicted octanol–water partition coefficient (Wildman–Crippen LogP) is 4.79. The molecule has 162 valence electrons. The maximum atomic E-state index is 13.1. The number of hydrogen-bond acceptors (Lipinski definition) is 4. The first kappa shape index (κ1) is 24.4. The maximum absolute atomic E-state index is 13.1. The molecule has 0 saturated carbocycles. The molecule has 0 aliphatic carbocycles. The van der Waals surface area contributed by atoms with Crippen LogP contribution in [0.3, 0.4) is 0 Å². The van der Waals surface area contributed by atoms with Gasteiger partial charge in [0.05, 0.1) is 12.9 Å². The standard InChI is InChI=1S/C22H26Cl2N2O3S/c1-4-20(22(28)25-2)26(12-15-8-10-16(29-3)11-9-15)21(27)14-30-13-17-18(23)6-5-7-19(17)24/h5-11,20H,4,12-14H2,1-3H3,(H,25,28). The molecule has 0 radical (unpaired) electrons. The SMILES string of the molecule is CCC(C(=O)NC)N(Cc1ccc(OC)cc1)C(=O)CSCc1c(Cl)cccc1Cl. The van der Waals surface area contributed by atoms with Crippen molar-refractivity contribution in [2.45, 2.75) is 31.7 Å². The Labute approximate surface area is 192 Å². The number of halogens is 2. The predicted molar refractivity (Wildman–Crippen MR) is 124 cm³/mol. The molecule has 0 aliphatic heterocycles. The lowest BCUT2D eigenvalue weighted by molar-refractivity contribution is -0.139. The van der Waals surface area contributed by atoms with Gasteiger partial charge in [-0.25, -0.2) is 0 Å². The van der Waals surface area contributed by atoms with Gasteiger partial charge in [-0.15, -0.1) is 11.8 Å². The first-order valence-corrected chi connectivity index (χ1v) is 11.5. The van der Waals surface area contributed by atoms with Crippen LogP contribution in [-0.2, 0) is 21.9 Å². The summed E-state index contributed by atoms with van der Waals surface area (Å²) < 4.78 is 5.19. The fourth-order valence-corrected chi connectivity index (χ4v) is 4.65. The molecule has 5 nitrogen and oxygen atoms in total. The van der Waals surface area contributed by atoms with Crippen molar-refractivity contribution in [3.63, 3.8) is 0 Å². The number of likely N-dealkylation sites (N-methyl/N-ethyl adjacent to an activating group) is 1. The number of nitrogens with zero attached hydrogens (tertiary/aromatic N) is 1. The van der Waals surface area contributed by atoms with Gasteiger partial charge in [-0.2, -0.15) is 0 Å². The first-order chi connectivity index (χ1) is 14.4. The van der Waals surface area contributed by atoms with Crippen LogP contribution in [0.4, 0.5) is 0 Å². The highest BCUT2D eigenvalue weighted by atomic mass is 35.5. The summed E-state index contributed by atoms with van der Waals surface area (Å²) in [5.74, 6) is 1.16. The highest BCUT2D eigenvalue weighted by Gasteiger charge is 2.28. The van der Waals surface area contributed by atoms with Crippen molar-refractivity contribution in [3.8, 4) is 5.75 Å². The van der Waals surface area contributed by atoms with E-state index in [0.29, 0.717) is 28.8 Å². The third-order valence-corrected chi connectivity index (χ3v) is 6.33. The van der Waals surface area contributed by atoms with Crippen LogP contribution in [0.15, 0.2) is 42.5 Å².